The Kier molecular flexibility index (Phi) is 1.24. The molecule has 0 saturated heterocycles. The monoisotopic (exact) mass is 149 g/mol. The van der Waals surface area contributed by atoms with Crippen LogP contribution in [0, 0.1) is 0 Å². The number of pyridine rings is 1. The summed E-state index contributed by atoms with van der Waals surface area (Å²) in [6, 6.07) is 2.02. The largest absolute Gasteiger partial charge is 0.362 e. The van der Waals surface area contributed by atoms with Gasteiger partial charge in [-0.3, -0.25) is 4.98 Å². The average molecular weight is 149 g/mol. The van der Waals surface area contributed by atoms with E-state index in [1.165, 1.54) is 5.69 Å². The number of hydrogen-bond acceptors (Lipinski definition) is 3. The highest BCUT2D eigenvalue weighted by Gasteiger charge is 2.20. The first-order valence-electron chi connectivity index (χ1n) is 3.72. The minimum Gasteiger partial charge on any atom is -0.362 e. The Balaban J connectivity index is 2.47. The van der Waals surface area contributed by atoms with E-state index in [-0.39, 0.29) is 0 Å². The summed E-state index contributed by atoms with van der Waals surface area (Å²) in [6.45, 7) is 2.12. The molecule has 1 aromatic heterocycles. The second-order valence-electron chi connectivity index (χ2n) is 2.82. The Bertz CT molecular complexity index is 272. The average Bonchev–Trinajstić information content (AvgIpc) is 2.30. The zero-order valence-corrected chi connectivity index (χ0v) is 6.70. The summed E-state index contributed by atoms with van der Waals surface area (Å²) >= 11 is 0. The van der Waals surface area contributed by atoms with E-state index in [1.807, 2.05) is 18.5 Å². The molecule has 0 fully saturated rings. The van der Waals surface area contributed by atoms with Crippen LogP contribution in [0.5, 0.6) is 0 Å². The van der Waals surface area contributed by atoms with Crippen molar-refractivity contribution < 1.29 is 0 Å². The van der Waals surface area contributed by atoms with Crippen molar-refractivity contribution in [3.05, 3.63) is 18.5 Å². The van der Waals surface area contributed by atoms with E-state index in [0.717, 1.165) is 5.69 Å². The molecule has 0 saturated carbocycles. The number of nitrogens with zero attached hydrogens (tertiary/aromatic N) is 2. The summed E-state index contributed by atoms with van der Waals surface area (Å²) in [4.78, 5) is 6.23. The second-order valence-corrected chi connectivity index (χ2v) is 2.82. The van der Waals surface area contributed by atoms with Crippen LogP contribution in [0.3, 0.4) is 0 Å². The maximum Gasteiger partial charge on any atom is 0.0959 e. The molecule has 1 N–H and O–H groups in total. The first-order valence-corrected chi connectivity index (χ1v) is 3.72. The van der Waals surface area contributed by atoms with Gasteiger partial charge in [0.2, 0.25) is 0 Å². The van der Waals surface area contributed by atoms with Crippen LogP contribution in [0.1, 0.15) is 6.92 Å². The van der Waals surface area contributed by atoms with Gasteiger partial charge in [0.1, 0.15) is 0 Å². The lowest BCUT2D eigenvalue weighted by molar-refractivity contribution is 0.806. The van der Waals surface area contributed by atoms with Crippen molar-refractivity contribution in [1.29, 1.82) is 0 Å². The number of anilines is 2. The van der Waals surface area contributed by atoms with Gasteiger partial charge in [-0.1, -0.05) is 0 Å². The lowest BCUT2D eigenvalue weighted by atomic mass is 10.3. The van der Waals surface area contributed by atoms with E-state index in [2.05, 4.69) is 29.2 Å². The molecular formula is C8H11N3. The van der Waals surface area contributed by atoms with Crippen LogP contribution in [0.25, 0.3) is 0 Å². The van der Waals surface area contributed by atoms with Crippen molar-refractivity contribution in [3.63, 3.8) is 0 Å². The predicted octanol–water partition coefficient (Wildman–Crippen LogP) is 1.29. The van der Waals surface area contributed by atoms with Crippen LogP contribution in [-0.2, 0) is 0 Å². The molecule has 0 unspecified atom stereocenters. The normalized spacial score (nSPS) is 21.3. The highest BCUT2D eigenvalue weighted by Crippen LogP contribution is 2.31. The maximum absolute atomic E-state index is 4.04. The van der Waals surface area contributed by atoms with Crippen molar-refractivity contribution in [2.24, 2.45) is 0 Å². The van der Waals surface area contributed by atoms with Gasteiger partial charge in [0.05, 0.1) is 23.7 Å². The van der Waals surface area contributed by atoms with Gasteiger partial charge < -0.3 is 10.2 Å². The van der Waals surface area contributed by atoms with Gasteiger partial charge in [0, 0.05) is 13.2 Å². The summed E-state index contributed by atoms with van der Waals surface area (Å²) in [7, 11) is 2.07. The fourth-order valence-electron chi connectivity index (χ4n) is 1.34. The topological polar surface area (TPSA) is 28.2 Å². The lowest BCUT2D eigenvalue weighted by Gasteiger charge is -2.16. The Hall–Kier alpha value is -1.25. The molecule has 0 amide bonds. The molecule has 3 nitrogen and oxygen atoms in total. The van der Waals surface area contributed by atoms with Gasteiger partial charge in [-0.2, -0.15) is 0 Å². The van der Waals surface area contributed by atoms with Crippen molar-refractivity contribution >= 4 is 11.4 Å². The van der Waals surface area contributed by atoms with Crippen molar-refractivity contribution in [2.75, 3.05) is 17.3 Å². The number of nitrogens with one attached hydrogen (secondary N) is 1. The third kappa shape index (κ3) is 0.843. The first kappa shape index (κ1) is 6.46. The molecule has 0 spiro atoms. The molecule has 2 rings (SSSR count). The molecule has 0 aromatic carbocycles. The van der Waals surface area contributed by atoms with E-state index in [9.17, 15) is 0 Å². The van der Waals surface area contributed by atoms with Gasteiger partial charge in [0.25, 0.3) is 0 Å². The number of aromatic nitrogens is 1. The molecule has 1 aliphatic rings. The number of hydrogen-bond donors (Lipinski definition) is 1. The summed E-state index contributed by atoms with van der Waals surface area (Å²) < 4.78 is 0. The van der Waals surface area contributed by atoms with Crippen LogP contribution in [0.2, 0.25) is 0 Å². The molecular weight excluding hydrogens is 138 g/mol. The summed E-state index contributed by atoms with van der Waals surface area (Å²) in [5, 5.41) is 3.31. The van der Waals surface area contributed by atoms with Gasteiger partial charge in [-0.25, -0.2) is 0 Å². The van der Waals surface area contributed by atoms with E-state index in [0.29, 0.717) is 6.17 Å². The van der Waals surface area contributed by atoms with Crippen molar-refractivity contribution in [1.82, 2.24) is 4.98 Å². The fourth-order valence-corrected chi connectivity index (χ4v) is 1.34. The minimum atomic E-state index is 0.384. The molecule has 0 radical (unpaired) electrons. The lowest BCUT2D eigenvalue weighted by Crippen LogP contribution is -2.28. The molecule has 1 aliphatic heterocycles. The number of rotatable bonds is 0. The maximum atomic E-state index is 4.04. The third-order valence-electron chi connectivity index (χ3n) is 2.12. The molecule has 11 heavy (non-hydrogen) atoms. The SMILES string of the molecule is C[C@@H]1Nc2cnccc2N1C. The third-order valence-corrected chi connectivity index (χ3v) is 2.12. The summed E-state index contributed by atoms with van der Waals surface area (Å²) in [5.41, 5.74) is 2.36. The van der Waals surface area contributed by atoms with Gasteiger partial charge in [-0.05, 0) is 13.0 Å². The quantitative estimate of drug-likeness (QED) is 0.602. The molecule has 0 bridgehead atoms. The standard InChI is InChI=1S/C8H11N3/c1-6-10-7-5-9-4-3-8(7)11(6)2/h3-6,10H,1-2H3/t6-/m1/s1. The Morgan fingerprint density at radius 1 is 1.64 bits per heavy atom. The van der Waals surface area contributed by atoms with Crippen LogP contribution >= 0.6 is 0 Å². The smallest absolute Gasteiger partial charge is 0.0959 e. The van der Waals surface area contributed by atoms with Gasteiger partial charge in [-0.15, -0.1) is 0 Å². The molecule has 2 heterocycles. The van der Waals surface area contributed by atoms with E-state index < -0.39 is 0 Å². The van der Waals surface area contributed by atoms with Crippen molar-refractivity contribution in [3.8, 4) is 0 Å². The molecule has 0 aliphatic carbocycles. The van der Waals surface area contributed by atoms with Crippen LogP contribution in [0.15, 0.2) is 18.5 Å². The highest BCUT2D eigenvalue weighted by atomic mass is 15.3. The predicted molar refractivity (Wildman–Crippen MR) is 45.7 cm³/mol. The molecule has 3 heteroatoms. The molecule has 1 aromatic rings. The Labute approximate surface area is 66.0 Å². The zero-order chi connectivity index (χ0) is 7.84. The second kappa shape index (κ2) is 2.12. The minimum absolute atomic E-state index is 0.384. The Morgan fingerprint density at radius 3 is 3.18 bits per heavy atom. The van der Waals surface area contributed by atoms with Crippen molar-refractivity contribution in [2.45, 2.75) is 13.1 Å². The van der Waals surface area contributed by atoms with E-state index in [4.69, 9.17) is 0 Å². The molecule has 58 valence electrons. The first-order chi connectivity index (χ1) is 5.29. The van der Waals surface area contributed by atoms with Gasteiger partial charge >= 0.3 is 0 Å². The van der Waals surface area contributed by atoms with Crippen LogP contribution in [0.4, 0.5) is 11.4 Å². The van der Waals surface area contributed by atoms with E-state index in [1.54, 1.807) is 0 Å². The number of fused-ring (bicyclic) bond motifs is 1. The highest BCUT2D eigenvalue weighted by molar-refractivity contribution is 5.74. The van der Waals surface area contributed by atoms with Crippen LogP contribution < -0.4 is 10.2 Å². The zero-order valence-electron chi connectivity index (χ0n) is 6.70. The summed E-state index contributed by atoms with van der Waals surface area (Å²) in [6.07, 6.45) is 4.05. The molecule has 1 atom stereocenters. The summed E-state index contributed by atoms with van der Waals surface area (Å²) in [5.74, 6) is 0. The van der Waals surface area contributed by atoms with Gasteiger partial charge in [0.15, 0.2) is 0 Å². The van der Waals surface area contributed by atoms with Crippen LogP contribution in [-0.4, -0.2) is 18.2 Å². The Morgan fingerprint density at radius 2 is 2.45 bits per heavy atom. The van der Waals surface area contributed by atoms with E-state index >= 15 is 0 Å². The fraction of sp³-hybridized carbons (Fsp3) is 0.375.